The van der Waals surface area contributed by atoms with Crippen LogP contribution in [0.4, 0.5) is 10.8 Å². The third kappa shape index (κ3) is 5.00. The van der Waals surface area contributed by atoms with Gasteiger partial charge in [0, 0.05) is 5.69 Å². The Morgan fingerprint density at radius 3 is 2.53 bits per heavy atom. The predicted molar refractivity (Wildman–Crippen MR) is 123 cm³/mol. The summed E-state index contributed by atoms with van der Waals surface area (Å²) in [6.45, 7) is 3.90. The first-order valence-electron chi connectivity index (χ1n) is 9.19. The molecule has 0 unspecified atom stereocenters. The van der Waals surface area contributed by atoms with E-state index in [9.17, 15) is 9.59 Å². The lowest BCUT2D eigenvalue weighted by Crippen LogP contribution is -2.15. The first kappa shape index (κ1) is 22.0. The average molecular weight is 491 g/mol. The number of aromatic nitrogens is 7. The van der Waals surface area contributed by atoms with Crippen LogP contribution in [0.25, 0.3) is 5.78 Å². The molecule has 0 fully saturated rings. The van der Waals surface area contributed by atoms with Gasteiger partial charge in [-0.3, -0.25) is 14.9 Å². The summed E-state index contributed by atoms with van der Waals surface area (Å²) in [5, 5.41) is 26.3. The number of nitrogens with two attached hydrogens (primary N) is 1. The average Bonchev–Trinajstić information content (AvgIpc) is 3.46. The first-order valence-corrected chi connectivity index (χ1v) is 12.0. The zero-order chi connectivity index (χ0) is 22.7. The van der Waals surface area contributed by atoms with Crippen LogP contribution >= 0.6 is 34.9 Å². The summed E-state index contributed by atoms with van der Waals surface area (Å²) in [5.74, 6) is 5.87. The molecule has 166 valence electrons. The van der Waals surface area contributed by atoms with Gasteiger partial charge in [-0.1, -0.05) is 53.1 Å². The second-order valence-corrected chi connectivity index (χ2v) is 9.69. The maximum absolute atomic E-state index is 12.3. The number of para-hydroxylation sites is 1. The van der Waals surface area contributed by atoms with Crippen LogP contribution in [0.15, 0.2) is 34.0 Å². The highest BCUT2D eigenvalue weighted by Gasteiger charge is 2.15. The number of aryl methyl sites for hydroxylation is 2. The van der Waals surface area contributed by atoms with E-state index in [1.165, 1.54) is 50.4 Å². The lowest BCUT2D eigenvalue weighted by Gasteiger charge is -2.10. The van der Waals surface area contributed by atoms with Crippen molar-refractivity contribution in [2.75, 3.05) is 28.0 Å². The topological polar surface area (TPSA) is 158 Å². The number of benzene rings is 1. The van der Waals surface area contributed by atoms with E-state index >= 15 is 0 Å². The van der Waals surface area contributed by atoms with E-state index in [0.29, 0.717) is 20.4 Å². The number of nitrogen functional groups attached to an aromatic ring is 1. The SMILES string of the molecule is Cc1cccc(C)c1NC(=O)CSc1nnc(NC(=O)CSc2nnc3n(N)cnn23)s1. The molecule has 15 heteroatoms. The summed E-state index contributed by atoms with van der Waals surface area (Å²) < 4.78 is 3.26. The van der Waals surface area contributed by atoms with Crippen molar-refractivity contribution in [1.29, 1.82) is 0 Å². The number of hydrogen-bond acceptors (Lipinski definition) is 11. The summed E-state index contributed by atoms with van der Waals surface area (Å²) in [5.41, 5.74) is 2.83. The van der Waals surface area contributed by atoms with Crippen LogP contribution in [-0.2, 0) is 9.59 Å². The number of carbonyl (C=O) groups excluding carboxylic acids is 2. The van der Waals surface area contributed by atoms with Gasteiger partial charge in [0.25, 0.3) is 5.78 Å². The van der Waals surface area contributed by atoms with E-state index in [0.717, 1.165) is 16.8 Å². The van der Waals surface area contributed by atoms with Crippen molar-refractivity contribution < 1.29 is 9.59 Å². The highest BCUT2D eigenvalue weighted by atomic mass is 32.2. The highest BCUT2D eigenvalue weighted by Crippen LogP contribution is 2.26. The Labute approximate surface area is 194 Å². The zero-order valence-corrected chi connectivity index (χ0v) is 19.4. The van der Waals surface area contributed by atoms with Gasteiger partial charge >= 0.3 is 0 Å². The molecule has 0 aliphatic carbocycles. The molecule has 12 nitrogen and oxygen atoms in total. The minimum atomic E-state index is -0.278. The molecule has 0 radical (unpaired) electrons. The van der Waals surface area contributed by atoms with Gasteiger partial charge in [-0.15, -0.1) is 20.4 Å². The van der Waals surface area contributed by atoms with Gasteiger partial charge in [-0.2, -0.15) is 9.61 Å². The fourth-order valence-corrected chi connectivity index (χ4v) is 4.94. The van der Waals surface area contributed by atoms with E-state index in [2.05, 4.69) is 36.1 Å². The van der Waals surface area contributed by atoms with Crippen LogP contribution in [0, 0.1) is 13.8 Å². The summed E-state index contributed by atoms with van der Waals surface area (Å²) in [7, 11) is 0. The fourth-order valence-electron chi connectivity index (χ4n) is 2.69. The molecular weight excluding hydrogens is 472 g/mol. The van der Waals surface area contributed by atoms with Crippen LogP contribution in [0.3, 0.4) is 0 Å². The van der Waals surface area contributed by atoms with Crippen molar-refractivity contribution in [3.05, 3.63) is 35.7 Å². The predicted octanol–water partition coefficient (Wildman–Crippen LogP) is 1.57. The smallest absolute Gasteiger partial charge is 0.273 e. The molecule has 4 N–H and O–H groups in total. The van der Waals surface area contributed by atoms with E-state index in [1.54, 1.807) is 0 Å². The molecule has 0 atom stereocenters. The third-order valence-electron chi connectivity index (χ3n) is 4.18. The minimum absolute atomic E-state index is 0.0818. The number of rotatable bonds is 8. The van der Waals surface area contributed by atoms with E-state index in [1.807, 2.05) is 32.0 Å². The Morgan fingerprint density at radius 2 is 1.75 bits per heavy atom. The first-order chi connectivity index (χ1) is 15.4. The number of fused-ring (bicyclic) bond motifs is 1. The number of carbonyl (C=O) groups is 2. The minimum Gasteiger partial charge on any atom is -0.335 e. The fraction of sp³-hybridized carbons (Fsp3) is 0.235. The molecule has 0 aliphatic rings. The number of amides is 2. The van der Waals surface area contributed by atoms with Gasteiger partial charge < -0.3 is 11.2 Å². The quantitative estimate of drug-likeness (QED) is 0.188. The molecule has 0 aliphatic heterocycles. The monoisotopic (exact) mass is 490 g/mol. The lowest BCUT2D eigenvalue weighted by molar-refractivity contribution is -0.114. The standard InChI is InChI=1S/C17H18N10O2S3/c1-9-4-3-5-10(2)13(9)20-11(28)7-31-17-25-22-14(32-17)21-12(29)6-30-16-24-23-15-26(18)8-19-27(15)16/h3-5,8H,6-7,18H2,1-2H3,(H,20,28)(H,21,22,29). The zero-order valence-electron chi connectivity index (χ0n) is 17.0. The molecule has 4 aromatic rings. The van der Waals surface area contributed by atoms with Gasteiger partial charge in [0.15, 0.2) is 4.34 Å². The Morgan fingerprint density at radius 1 is 1.03 bits per heavy atom. The Hall–Kier alpha value is -3.17. The van der Waals surface area contributed by atoms with E-state index < -0.39 is 0 Å². The number of nitrogens with zero attached hydrogens (tertiary/aromatic N) is 7. The molecule has 1 aromatic carbocycles. The largest absolute Gasteiger partial charge is 0.335 e. The lowest BCUT2D eigenvalue weighted by atomic mass is 10.1. The maximum atomic E-state index is 12.3. The molecule has 0 saturated carbocycles. The number of thioether (sulfide) groups is 2. The highest BCUT2D eigenvalue weighted by molar-refractivity contribution is 8.01. The normalized spacial score (nSPS) is 11.1. The Balaban J connectivity index is 1.25. The second kappa shape index (κ2) is 9.54. The van der Waals surface area contributed by atoms with Crippen LogP contribution in [0.1, 0.15) is 11.1 Å². The molecule has 2 amide bonds. The van der Waals surface area contributed by atoms with Gasteiger partial charge in [-0.05, 0) is 25.0 Å². The van der Waals surface area contributed by atoms with E-state index in [-0.39, 0.29) is 23.3 Å². The second-order valence-electron chi connectivity index (χ2n) is 6.55. The molecular formula is C17H18N10O2S3. The van der Waals surface area contributed by atoms with Crippen molar-refractivity contribution in [1.82, 2.24) is 34.7 Å². The van der Waals surface area contributed by atoms with Crippen LogP contribution < -0.4 is 16.5 Å². The van der Waals surface area contributed by atoms with Gasteiger partial charge in [0.05, 0.1) is 11.5 Å². The van der Waals surface area contributed by atoms with Crippen molar-refractivity contribution in [3.63, 3.8) is 0 Å². The summed E-state index contributed by atoms with van der Waals surface area (Å²) >= 11 is 3.62. The molecule has 0 saturated heterocycles. The molecule has 32 heavy (non-hydrogen) atoms. The summed E-state index contributed by atoms with van der Waals surface area (Å²) in [6, 6.07) is 5.85. The van der Waals surface area contributed by atoms with Crippen molar-refractivity contribution in [2.24, 2.45) is 0 Å². The molecule has 0 spiro atoms. The molecule has 0 bridgehead atoms. The third-order valence-corrected chi connectivity index (χ3v) is 7.07. The van der Waals surface area contributed by atoms with Gasteiger partial charge in [-0.25, -0.2) is 4.68 Å². The van der Waals surface area contributed by atoms with Crippen LogP contribution in [0.2, 0.25) is 0 Å². The van der Waals surface area contributed by atoms with E-state index in [4.69, 9.17) is 5.84 Å². The van der Waals surface area contributed by atoms with Crippen molar-refractivity contribution in [3.8, 4) is 0 Å². The molecule has 3 heterocycles. The number of anilines is 2. The van der Waals surface area contributed by atoms with Crippen molar-refractivity contribution >= 4 is 63.3 Å². The van der Waals surface area contributed by atoms with Gasteiger partial charge in [0.1, 0.15) is 6.33 Å². The maximum Gasteiger partial charge on any atom is 0.273 e. The van der Waals surface area contributed by atoms with Crippen LogP contribution in [-0.4, -0.2) is 58.0 Å². The Kier molecular flexibility index (Phi) is 6.57. The van der Waals surface area contributed by atoms with Gasteiger partial charge in [0.2, 0.25) is 22.1 Å². The molecule has 3 aromatic heterocycles. The van der Waals surface area contributed by atoms with Crippen molar-refractivity contribution in [2.45, 2.75) is 23.3 Å². The Bertz CT molecular complexity index is 1260. The summed E-state index contributed by atoms with van der Waals surface area (Å²) in [6.07, 6.45) is 1.40. The molecule has 4 rings (SSSR count). The number of nitrogens with one attached hydrogen (secondary N) is 2. The summed E-state index contributed by atoms with van der Waals surface area (Å²) in [4.78, 5) is 24.5. The number of hydrogen-bond donors (Lipinski definition) is 3. The van der Waals surface area contributed by atoms with Crippen LogP contribution in [0.5, 0.6) is 0 Å².